The lowest BCUT2D eigenvalue weighted by Crippen LogP contribution is -2.36. The predicted molar refractivity (Wildman–Crippen MR) is 96.1 cm³/mol. The van der Waals surface area contributed by atoms with Gasteiger partial charge in [0.05, 0.1) is 19.9 Å². The van der Waals surface area contributed by atoms with Gasteiger partial charge >= 0.3 is 6.03 Å². The highest BCUT2D eigenvalue weighted by molar-refractivity contribution is 5.91. The monoisotopic (exact) mass is 353 g/mol. The zero-order valence-electron chi connectivity index (χ0n) is 14.0. The van der Waals surface area contributed by atoms with Gasteiger partial charge in [0.15, 0.2) is 5.36 Å². The molecule has 0 atom stereocenters. The molecule has 132 valence electrons. The van der Waals surface area contributed by atoms with E-state index < -0.39 is 16.9 Å². The zero-order chi connectivity index (χ0) is 18.7. The molecule has 8 heteroatoms. The minimum absolute atomic E-state index is 0.271. The number of hydrogen-bond donors (Lipinski definition) is 2. The fraction of sp³-hybridized carbons (Fsp3) is 0.111. The third kappa shape index (κ3) is 3.12. The quantitative estimate of drug-likeness (QED) is 0.683. The van der Waals surface area contributed by atoms with Crippen molar-refractivity contribution in [2.75, 3.05) is 19.5 Å². The number of benzene rings is 2. The Bertz CT molecular complexity index is 1080. The van der Waals surface area contributed by atoms with E-state index in [4.69, 9.17) is 9.47 Å². The number of anilines is 1. The lowest BCUT2D eigenvalue weighted by atomic mass is 10.2. The Kier molecular flexibility index (Phi) is 4.66. The molecule has 0 fully saturated rings. The molecule has 2 N–H and O–H groups in total. The lowest BCUT2D eigenvalue weighted by Gasteiger charge is -2.11. The largest absolute Gasteiger partial charge is 0.497 e. The second kappa shape index (κ2) is 7.06. The van der Waals surface area contributed by atoms with Crippen molar-refractivity contribution in [3.05, 3.63) is 68.3 Å². The van der Waals surface area contributed by atoms with E-state index in [1.807, 2.05) is 0 Å². The summed E-state index contributed by atoms with van der Waals surface area (Å²) in [7, 11) is 2.95. The van der Waals surface area contributed by atoms with Crippen LogP contribution in [0.1, 0.15) is 0 Å². The Balaban J connectivity index is 1.87. The molecule has 0 aliphatic heterocycles. The van der Waals surface area contributed by atoms with Crippen LogP contribution in [0.25, 0.3) is 10.8 Å². The number of hydrogen-bond acceptors (Lipinski definition) is 6. The molecule has 0 aliphatic carbocycles. The number of rotatable bonds is 4. The van der Waals surface area contributed by atoms with E-state index in [9.17, 15) is 14.4 Å². The maximum Gasteiger partial charge on any atom is 0.339 e. The fourth-order valence-electron chi connectivity index (χ4n) is 2.51. The summed E-state index contributed by atoms with van der Waals surface area (Å²) in [6.45, 7) is 0. The summed E-state index contributed by atoms with van der Waals surface area (Å²) in [4.78, 5) is 36.5. The summed E-state index contributed by atoms with van der Waals surface area (Å²) in [5.41, 5.74) is 1.46. The molecular weight excluding hydrogens is 338 g/mol. The topological polar surface area (TPSA) is 106 Å². The van der Waals surface area contributed by atoms with Gasteiger partial charge in [-0.25, -0.2) is 10.2 Å². The van der Waals surface area contributed by atoms with Crippen LogP contribution in [-0.4, -0.2) is 20.3 Å². The molecule has 0 unspecified atom stereocenters. The minimum Gasteiger partial charge on any atom is -0.497 e. The van der Waals surface area contributed by atoms with Gasteiger partial charge in [-0.05, 0) is 12.1 Å². The second-order valence-electron chi connectivity index (χ2n) is 5.30. The number of nitrogens with one attached hydrogen (secondary N) is 2. The van der Waals surface area contributed by atoms with Crippen molar-refractivity contribution >= 4 is 22.5 Å². The Morgan fingerprint density at radius 1 is 0.962 bits per heavy atom. The van der Waals surface area contributed by atoms with E-state index in [1.54, 1.807) is 42.5 Å². The standard InChI is InChI=1S/C18H15N3O5/c1-25-10-7-8-14(26-2)13(9-10)19-18(24)21-20-15-16(22)11-5-3-4-6-12(11)17(15)23/h3-9H,1-2H3,(H2,19,21,24). The van der Waals surface area contributed by atoms with Crippen LogP contribution in [0.3, 0.4) is 0 Å². The van der Waals surface area contributed by atoms with Crippen molar-refractivity contribution in [1.29, 1.82) is 0 Å². The molecule has 0 saturated carbocycles. The molecule has 0 aromatic heterocycles. The molecule has 3 aromatic rings. The molecule has 26 heavy (non-hydrogen) atoms. The fourth-order valence-corrected chi connectivity index (χ4v) is 2.51. The molecular formula is C18H15N3O5. The van der Waals surface area contributed by atoms with E-state index in [-0.39, 0.29) is 16.1 Å². The summed E-state index contributed by atoms with van der Waals surface area (Å²) < 4.78 is 10.3. The van der Waals surface area contributed by atoms with E-state index in [2.05, 4.69) is 15.8 Å². The van der Waals surface area contributed by atoms with Crippen LogP contribution in [0, 0.1) is 0 Å². The van der Waals surface area contributed by atoms with Crippen molar-refractivity contribution in [1.82, 2.24) is 5.43 Å². The smallest absolute Gasteiger partial charge is 0.339 e. The number of urea groups is 1. The van der Waals surface area contributed by atoms with Crippen molar-refractivity contribution < 1.29 is 14.3 Å². The second-order valence-corrected chi connectivity index (χ2v) is 5.30. The summed E-state index contributed by atoms with van der Waals surface area (Å²) in [6.07, 6.45) is 0. The number of methoxy groups -OCH3 is 2. The molecule has 0 heterocycles. The van der Waals surface area contributed by atoms with Crippen LogP contribution >= 0.6 is 0 Å². The van der Waals surface area contributed by atoms with E-state index in [1.165, 1.54) is 14.2 Å². The molecule has 0 aliphatic rings. The van der Waals surface area contributed by atoms with Crippen LogP contribution in [0.4, 0.5) is 10.5 Å². The summed E-state index contributed by atoms with van der Waals surface area (Å²) in [6, 6.07) is 10.5. The molecule has 0 spiro atoms. The number of nitrogens with zero attached hydrogens (tertiary/aromatic N) is 1. The number of carbonyl (C=O) groups excluding carboxylic acids is 1. The van der Waals surface area contributed by atoms with Gasteiger partial charge in [-0.2, -0.15) is 5.10 Å². The summed E-state index contributed by atoms with van der Waals surface area (Å²) in [5.74, 6) is 0.929. The average Bonchev–Trinajstić information content (AvgIpc) is 2.91. The Labute approximate surface area is 147 Å². The van der Waals surface area contributed by atoms with E-state index in [0.717, 1.165) is 0 Å². The first kappa shape index (κ1) is 17.2. The highest BCUT2D eigenvalue weighted by Gasteiger charge is 2.12. The molecule has 0 radical (unpaired) electrons. The number of carbonyl (C=O) groups is 1. The number of ether oxygens (including phenoxy) is 2. The summed E-state index contributed by atoms with van der Waals surface area (Å²) in [5, 5.41) is 6.41. The summed E-state index contributed by atoms with van der Waals surface area (Å²) >= 11 is 0. The Hall–Kier alpha value is -3.68. The highest BCUT2D eigenvalue weighted by Crippen LogP contribution is 2.28. The third-order valence-corrected chi connectivity index (χ3v) is 3.77. The van der Waals surface area contributed by atoms with Crippen LogP contribution in [0.2, 0.25) is 0 Å². The molecule has 2 amide bonds. The first-order chi connectivity index (χ1) is 12.5. The van der Waals surface area contributed by atoms with Gasteiger partial charge in [0.1, 0.15) is 11.5 Å². The zero-order valence-corrected chi connectivity index (χ0v) is 14.0. The van der Waals surface area contributed by atoms with Gasteiger partial charge in [0.25, 0.3) is 0 Å². The van der Waals surface area contributed by atoms with Crippen LogP contribution < -0.4 is 36.4 Å². The molecule has 3 aromatic carbocycles. The van der Waals surface area contributed by atoms with Gasteiger partial charge in [0.2, 0.25) is 10.9 Å². The predicted octanol–water partition coefficient (Wildman–Crippen LogP) is 1.09. The van der Waals surface area contributed by atoms with Gasteiger partial charge < -0.3 is 14.8 Å². The van der Waals surface area contributed by atoms with Crippen LogP contribution in [0.15, 0.2) is 57.2 Å². The van der Waals surface area contributed by atoms with Gasteiger partial charge in [0, 0.05) is 16.8 Å². The average molecular weight is 353 g/mol. The van der Waals surface area contributed by atoms with Gasteiger partial charge in [-0.3, -0.25) is 9.59 Å². The molecule has 3 rings (SSSR count). The maximum absolute atomic E-state index is 12.2. The van der Waals surface area contributed by atoms with E-state index in [0.29, 0.717) is 17.2 Å². The van der Waals surface area contributed by atoms with Crippen molar-refractivity contribution in [2.24, 2.45) is 5.10 Å². The normalized spacial score (nSPS) is 10.4. The van der Waals surface area contributed by atoms with Crippen molar-refractivity contribution in [3.8, 4) is 11.5 Å². The Morgan fingerprint density at radius 3 is 2.19 bits per heavy atom. The molecule has 0 saturated heterocycles. The number of fused-ring (bicyclic) bond motifs is 1. The maximum atomic E-state index is 12.2. The first-order valence-corrected chi connectivity index (χ1v) is 7.60. The Morgan fingerprint density at radius 2 is 1.62 bits per heavy atom. The van der Waals surface area contributed by atoms with Crippen LogP contribution in [0.5, 0.6) is 11.5 Å². The number of amides is 2. The van der Waals surface area contributed by atoms with E-state index >= 15 is 0 Å². The first-order valence-electron chi connectivity index (χ1n) is 7.60. The highest BCUT2D eigenvalue weighted by atomic mass is 16.5. The van der Waals surface area contributed by atoms with Gasteiger partial charge in [-0.15, -0.1) is 0 Å². The SMILES string of the molecule is COc1ccc(OC)c(NC(=O)NN=c2c(=O)c3ccccc3c2=O)c1. The lowest BCUT2D eigenvalue weighted by molar-refractivity contribution is 0.252. The molecule has 8 nitrogen and oxygen atoms in total. The third-order valence-electron chi connectivity index (χ3n) is 3.77. The van der Waals surface area contributed by atoms with Crippen molar-refractivity contribution in [3.63, 3.8) is 0 Å². The van der Waals surface area contributed by atoms with Crippen LogP contribution in [-0.2, 0) is 0 Å². The molecule has 0 bridgehead atoms. The van der Waals surface area contributed by atoms with Crippen molar-refractivity contribution in [2.45, 2.75) is 0 Å². The minimum atomic E-state index is -0.736. The van der Waals surface area contributed by atoms with Gasteiger partial charge in [-0.1, -0.05) is 24.3 Å².